The molecule has 7 nitrogen and oxygen atoms in total. The van der Waals surface area contributed by atoms with Crippen LogP contribution in [0.3, 0.4) is 0 Å². The number of hydrogen-bond acceptors (Lipinski definition) is 4. The minimum atomic E-state index is -3.46. The quantitative estimate of drug-likeness (QED) is 0.328. The van der Waals surface area contributed by atoms with Gasteiger partial charge < -0.3 is 15.4 Å². The van der Waals surface area contributed by atoms with Gasteiger partial charge in [0.15, 0.2) is 5.96 Å². The highest BCUT2D eigenvalue weighted by Gasteiger charge is 2.11. The van der Waals surface area contributed by atoms with Gasteiger partial charge in [-0.3, -0.25) is 4.99 Å². The number of rotatable bonds is 10. The second-order valence-corrected chi connectivity index (χ2v) is 6.45. The summed E-state index contributed by atoms with van der Waals surface area (Å²) in [6.07, 6.45) is 0.884. The first kappa shape index (κ1) is 19.4. The second kappa shape index (κ2) is 11.0. The molecule has 1 rings (SSSR count). The molecule has 8 heteroatoms. The summed E-state index contributed by atoms with van der Waals surface area (Å²) in [5.41, 5.74) is 0. The predicted molar refractivity (Wildman–Crippen MR) is 92.1 cm³/mol. The van der Waals surface area contributed by atoms with E-state index in [1.807, 2.05) is 6.92 Å². The van der Waals surface area contributed by atoms with Crippen LogP contribution in [0.2, 0.25) is 0 Å². The molecule has 1 aromatic carbocycles. The van der Waals surface area contributed by atoms with Gasteiger partial charge in [0.2, 0.25) is 10.0 Å². The van der Waals surface area contributed by atoms with E-state index < -0.39 is 10.0 Å². The maximum Gasteiger partial charge on any atom is 0.240 e. The molecule has 0 heterocycles. The Morgan fingerprint density at radius 3 is 2.48 bits per heavy atom. The molecule has 0 saturated heterocycles. The normalized spacial score (nSPS) is 12.2. The van der Waals surface area contributed by atoms with Gasteiger partial charge in [-0.25, -0.2) is 13.1 Å². The zero-order valence-electron chi connectivity index (χ0n) is 13.7. The molecular formula is C15H26N4O3S. The number of aliphatic imine (C=N–C) groups is 1. The van der Waals surface area contributed by atoms with Gasteiger partial charge in [-0.05, 0) is 25.5 Å². The summed E-state index contributed by atoms with van der Waals surface area (Å²) in [6.45, 7) is 4.85. The lowest BCUT2D eigenvalue weighted by atomic mass is 10.4. The minimum Gasteiger partial charge on any atom is -0.382 e. The molecule has 23 heavy (non-hydrogen) atoms. The molecule has 0 saturated carbocycles. The molecule has 0 radical (unpaired) electrons. The number of nitrogens with zero attached hydrogens (tertiary/aromatic N) is 1. The van der Waals surface area contributed by atoms with Crippen LogP contribution in [0, 0.1) is 0 Å². The van der Waals surface area contributed by atoms with E-state index in [0.717, 1.165) is 13.0 Å². The van der Waals surface area contributed by atoms with Crippen LogP contribution in [-0.2, 0) is 14.8 Å². The van der Waals surface area contributed by atoms with Crippen LogP contribution in [0.15, 0.2) is 40.2 Å². The van der Waals surface area contributed by atoms with Crippen molar-refractivity contribution >= 4 is 16.0 Å². The van der Waals surface area contributed by atoms with Gasteiger partial charge in [0.1, 0.15) is 0 Å². The molecule has 0 aliphatic heterocycles. The number of hydrogen-bond donors (Lipinski definition) is 3. The molecule has 130 valence electrons. The first-order chi connectivity index (χ1) is 11.1. The average molecular weight is 342 g/mol. The predicted octanol–water partition coefficient (Wildman–Crippen LogP) is 0.557. The van der Waals surface area contributed by atoms with Crippen LogP contribution in [0.5, 0.6) is 0 Å². The van der Waals surface area contributed by atoms with Crippen molar-refractivity contribution < 1.29 is 13.2 Å². The van der Waals surface area contributed by atoms with Gasteiger partial charge in [0.05, 0.1) is 4.90 Å². The maximum atomic E-state index is 12.0. The lowest BCUT2D eigenvalue weighted by Gasteiger charge is -2.12. The molecule has 0 aliphatic carbocycles. The molecule has 0 spiro atoms. The largest absolute Gasteiger partial charge is 0.382 e. The number of ether oxygens (including phenoxy) is 1. The second-order valence-electron chi connectivity index (χ2n) is 4.69. The summed E-state index contributed by atoms with van der Waals surface area (Å²) in [7, 11) is -1.79. The van der Waals surface area contributed by atoms with Gasteiger partial charge in [0.25, 0.3) is 0 Å². The molecule has 0 atom stereocenters. The number of nitrogens with one attached hydrogen (secondary N) is 3. The summed E-state index contributed by atoms with van der Waals surface area (Å²) in [6, 6.07) is 8.30. The highest BCUT2D eigenvalue weighted by Crippen LogP contribution is 2.06. The Labute approximate surface area is 138 Å². The van der Waals surface area contributed by atoms with Gasteiger partial charge >= 0.3 is 0 Å². The maximum absolute atomic E-state index is 12.0. The molecule has 0 unspecified atom stereocenters. The summed E-state index contributed by atoms with van der Waals surface area (Å²) >= 11 is 0. The summed E-state index contributed by atoms with van der Waals surface area (Å²) in [5.74, 6) is 0.639. The molecular weight excluding hydrogens is 316 g/mol. The lowest BCUT2D eigenvalue weighted by Crippen LogP contribution is -2.41. The van der Waals surface area contributed by atoms with E-state index in [1.54, 1.807) is 37.4 Å². The van der Waals surface area contributed by atoms with E-state index in [1.165, 1.54) is 0 Å². The summed E-state index contributed by atoms with van der Waals surface area (Å²) in [4.78, 5) is 4.34. The van der Waals surface area contributed by atoms with Gasteiger partial charge in [-0.1, -0.05) is 18.2 Å². The van der Waals surface area contributed by atoms with Crippen molar-refractivity contribution in [3.63, 3.8) is 0 Å². The zero-order valence-corrected chi connectivity index (χ0v) is 14.5. The SMILES string of the molecule is CCOCCCNC(=NC)NCCNS(=O)(=O)c1ccccc1. The van der Waals surface area contributed by atoms with Crippen LogP contribution < -0.4 is 15.4 Å². The van der Waals surface area contributed by atoms with Crippen molar-refractivity contribution in [3.8, 4) is 0 Å². The van der Waals surface area contributed by atoms with E-state index in [0.29, 0.717) is 25.7 Å². The number of sulfonamides is 1. The van der Waals surface area contributed by atoms with Gasteiger partial charge in [-0.2, -0.15) is 0 Å². The highest BCUT2D eigenvalue weighted by atomic mass is 32.2. The molecule has 0 bridgehead atoms. The van der Waals surface area contributed by atoms with Crippen LogP contribution in [-0.4, -0.2) is 54.3 Å². The fourth-order valence-electron chi connectivity index (χ4n) is 1.80. The fourth-order valence-corrected chi connectivity index (χ4v) is 2.85. The smallest absolute Gasteiger partial charge is 0.240 e. The molecule has 3 N–H and O–H groups in total. The Balaban J connectivity index is 2.25. The van der Waals surface area contributed by atoms with E-state index in [2.05, 4.69) is 20.3 Å². The number of benzene rings is 1. The average Bonchev–Trinajstić information content (AvgIpc) is 2.57. The van der Waals surface area contributed by atoms with Crippen molar-refractivity contribution in [1.29, 1.82) is 0 Å². The third-order valence-electron chi connectivity index (χ3n) is 2.95. The minimum absolute atomic E-state index is 0.262. The topological polar surface area (TPSA) is 91.8 Å². The Morgan fingerprint density at radius 1 is 1.13 bits per heavy atom. The zero-order chi connectivity index (χ0) is 17.0. The van der Waals surface area contributed by atoms with Gasteiger partial charge in [-0.15, -0.1) is 0 Å². The lowest BCUT2D eigenvalue weighted by molar-refractivity contribution is 0.145. The van der Waals surface area contributed by atoms with E-state index in [9.17, 15) is 8.42 Å². The molecule has 1 aromatic rings. The van der Waals surface area contributed by atoms with Crippen LogP contribution in [0.4, 0.5) is 0 Å². The Hall–Kier alpha value is -1.64. The Morgan fingerprint density at radius 2 is 1.83 bits per heavy atom. The van der Waals surface area contributed by atoms with Crippen LogP contribution in [0.25, 0.3) is 0 Å². The van der Waals surface area contributed by atoms with E-state index in [4.69, 9.17) is 4.74 Å². The summed E-state index contributed by atoms with van der Waals surface area (Å²) in [5, 5.41) is 6.19. The van der Waals surface area contributed by atoms with Crippen molar-refractivity contribution in [3.05, 3.63) is 30.3 Å². The van der Waals surface area contributed by atoms with Crippen molar-refractivity contribution in [1.82, 2.24) is 15.4 Å². The van der Waals surface area contributed by atoms with E-state index >= 15 is 0 Å². The van der Waals surface area contributed by atoms with Crippen molar-refractivity contribution in [2.45, 2.75) is 18.2 Å². The van der Waals surface area contributed by atoms with Crippen LogP contribution >= 0.6 is 0 Å². The van der Waals surface area contributed by atoms with Crippen molar-refractivity contribution in [2.75, 3.05) is 39.9 Å². The Kier molecular flexibility index (Phi) is 9.27. The molecule has 0 fully saturated rings. The number of guanidine groups is 1. The first-order valence-corrected chi connectivity index (χ1v) is 9.15. The van der Waals surface area contributed by atoms with E-state index in [-0.39, 0.29) is 11.4 Å². The Bertz CT molecular complexity index is 561. The third-order valence-corrected chi connectivity index (χ3v) is 4.43. The van der Waals surface area contributed by atoms with Gasteiger partial charge in [0, 0.05) is 39.9 Å². The highest BCUT2D eigenvalue weighted by molar-refractivity contribution is 7.89. The monoisotopic (exact) mass is 342 g/mol. The molecule has 0 aliphatic rings. The molecule has 0 amide bonds. The summed E-state index contributed by atoms with van der Waals surface area (Å²) < 4.78 is 31.8. The van der Waals surface area contributed by atoms with Crippen molar-refractivity contribution in [2.24, 2.45) is 4.99 Å². The fraction of sp³-hybridized carbons (Fsp3) is 0.533. The first-order valence-electron chi connectivity index (χ1n) is 7.67. The standard InChI is InChI=1S/C15H26N4O3S/c1-3-22-13-7-10-17-15(16-2)18-11-12-19-23(20,21)14-8-5-4-6-9-14/h4-6,8-9,19H,3,7,10-13H2,1-2H3,(H2,16,17,18). The van der Waals surface area contributed by atoms with Crippen LogP contribution in [0.1, 0.15) is 13.3 Å². The molecule has 0 aromatic heterocycles. The third kappa shape index (κ3) is 7.96.